The number of hydrogen-bond donors (Lipinski definition) is 1. The lowest BCUT2D eigenvalue weighted by Crippen LogP contribution is -2.48. The number of hydrogen-bond acceptors (Lipinski definition) is 6. The van der Waals surface area contributed by atoms with E-state index in [0.717, 1.165) is 67.6 Å². The number of piperazine rings is 1. The molecular weight excluding hydrogens is 412 g/mol. The van der Waals surface area contributed by atoms with Crippen LogP contribution in [0.25, 0.3) is 0 Å². The number of nitrogens with one attached hydrogen (secondary N) is 1. The maximum Gasteiger partial charge on any atom is 0.223 e. The number of fused-ring (bicyclic) bond motifs is 1. The van der Waals surface area contributed by atoms with Crippen LogP contribution in [0.5, 0.6) is 5.75 Å². The van der Waals surface area contributed by atoms with Crippen molar-refractivity contribution in [3.63, 3.8) is 0 Å². The molecule has 4 rings (SSSR count). The Morgan fingerprint density at radius 1 is 1.26 bits per heavy atom. The van der Waals surface area contributed by atoms with Gasteiger partial charge in [-0.05, 0) is 43.9 Å². The molecule has 1 aliphatic heterocycles. The fourth-order valence-electron chi connectivity index (χ4n) is 4.18. The lowest BCUT2D eigenvalue weighted by molar-refractivity contribution is -0.129. The zero-order valence-corrected chi connectivity index (χ0v) is 19.0. The van der Waals surface area contributed by atoms with E-state index in [1.165, 1.54) is 4.88 Å². The van der Waals surface area contributed by atoms with Gasteiger partial charge in [-0.25, -0.2) is 4.98 Å². The molecule has 2 aliphatic rings. The van der Waals surface area contributed by atoms with Crippen molar-refractivity contribution in [3.05, 3.63) is 40.4 Å². The molecule has 1 saturated heterocycles. The van der Waals surface area contributed by atoms with E-state index in [1.54, 1.807) is 18.3 Å². The van der Waals surface area contributed by atoms with Gasteiger partial charge >= 0.3 is 0 Å². The number of nitrogens with zero attached hydrogens (tertiary/aromatic N) is 3. The van der Waals surface area contributed by atoms with Gasteiger partial charge in [-0.15, -0.1) is 11.3 Å². The van der Waals surface area contributed by atoms with Gasteiger partial charge in [0.2, 0.25) is 11.8 Å². The van der Waals surface area contributed by atoms with E-state index in [0.29, 0.717) is 13.2 Å². The van der Waals surface area contributed by atoms with E-state index in [1.807, 2.05) is 36.1 Å². The smallest absolute Gasteiger partial charge is 0.223 e. The van der Waals surface area contributed by atoms with Crippen molar-refractivity contribution < 1.29 is 14.3 Å². The maximum atomic E-state index is 12.8. The molecule has 0 saturated carbocycles. The van der Waals surface area contributed by atoms with Gasteiger partial charge in [-0.1, -0.05) is 12.1 Å². The minimum atomic E-state index is -0.00886. The molecule has 0 unspecified atom stereocenters. The van der Waals surface area contributed by atoms with Crippen molar-refractivity contribution in [2.75, 3.05) is 37.7 Å². The first kappa shape index (κ1) is 21.6. The number of carbonyl (C=O) groups is 2. The summed E-state index contributed by atoms with van der Waals surface area (Å²) >= 11 is 1.71. The van der Waals surface area contributed by atoms with Gasteiger partial charge in [0.25, 0.3) is 0 Å². The third-order valence-corrected chi connectivity index (χ3v) is 7.15. The Morgan fingerprint density at radius 2 is 2.06 bits per heavy atom. The van der Waals surface area contributed by atoms with Gasteiger partial charge in [-0.2, -0.15) is 0 Å². The highest BCUT2D eigenvalue weighted by Crippen LogP contribution is 2.34. The first-order chi connectivity index (χ1) is 15.0. The summed E-state index contributed by atoms with van der Waals surface area (Å²) in [6, 6.07) is 7.86. The molecule has 2 heterocycles. The Balaban J connectivity index is 1.32. The van der Waals surface area contributed by atoms with Crippen LogP contribution < -0.4 is 15.0 Å². The summed E-state index contributed by atoms with van der Waals surface area (Å²) in [6.07, 6.45) is 2.43. The molecule has 1 N–H and O–H groups in total. The van der Waals surface area contributed by atoms with E-state index in [2.05, 4.69) is 10.2 Å². The summed E-state index contributed by atoms with van der Waals surface area (Å²) < 4.78 is 5.54. The largest absolute Gasteiger partial charge is 0.494 e. The summed E-state index contributed by atoms with van der Waals surface area (Å²) in [5.41, 5.74) is 2.18. The maximum absolute atomic E-state index is 12.8. The average Bonchev–Trinajstić information content (AvgIpc) is 3.21. The minimum Gasteiger partial charge on any atom is -0.494 e. The van der Waals surface area contributed by atoms with Crippen LogP contribution in [0.15, 0.2) is 24.3 Å². The average molecular weight is 443 g/mol. The molecule has 7 nitrogen and oxygen atoms in total. The minimum absolute atomic E-state index is 0.00886. The number of thiazole rings is 1. The summed E-state index contributed by atoms with van der Waals surface area (Å²) in [4.78, 5) is 34.6. The number of ether oxygens (including phenoxy) is 1. The van der Waals surface area contributed by atoms with Crippen LogP contribution in [0.2, 0.25) is 0 Å². The summed E-state index contributed by atoms with van der Waals surface area (Å²) in [7, 11) is 0. The van der Waals surface area contributed by atoms with Crippen LogP contribution in [0.1, 0.15) is 36.4 Å². The van der Waals surface area contributed by atoms with Crippen molar-refractivity contribution in [1.29, 1.82) is 0 Å². The van der Waals surface area contributed by atoms with Gasteiger partial charge in [-0.3, -0.25) is 9.59 Å². The van der Waals surface area contributed by atoms with Gasteiger partial charge in [0, 0.05) is 50.4 Å². The van der Waals surface area contributed by atoms with Crippen molar-refractivity contribution >= 4 is 28.3 Å². The second-order valence-electron chi connectivity index (χ2n) is 8.10. The van der Waals surface area contributed by atoms with E-state index < -0.39 is 0 Å². The molecule has 1 atom stereocenters. The molecule has 1 fully saturated rings. The summed E-state index contributed by atoms with van der Waals surface area (Å²) in [5, 5.41) is 4.13. The Labute approximate surface area is 187 Å². The summed E-state index contributed by atoms with van der Waals surface area (Å²) in [5.74, 6) is 1.07. The van der Waals surface area contributed by atoms with Crippen LogP contribution in [0.3, 0.4) is 0 Å². The van der Waals surface area contributed by atoms with Crippen LogP contribution in [0.4, 0.5) is 5.13 Å². The molecule has 1 aromatic carbocycles. The molecule has 0 spiro atoms. The van der Waals surface area contributed by atoms with Crippen molar-refractivity contribution in [2.45, 2.75) is 39.7 Å². The van der Waals surface area contributed by atoms with Gasteiger partial charge in [0.15, 0.2) is 5.13 Å². The second kappa shape index (κ2) is 9.68. The molecule has 2 aromatic rings. The van der Waals surface area contributed by atoms with Gasteiger partial charge < -0.3 is 19.9 Å². The molecule has 0 radical (unpaired) electrons. The number of rotatable bonds is 6. The van der Waals surface area contributed by atoms with Gasteiger partial charge in [0.05, 0.1) is 12.3 Å². The van der Waals surface area contributed by atoms with Crippen LogP contribution in [-0.2, 0) is 29.0 Å². The third kappa shape index (κ3) is 5.18. The number of benzene rings is 1. The molecule has 166 valence electrons. The Kier molecular flexibility index (Phi) is 6.75. The van der Waals surface area contributed by atoms with E-state index >= 15 is 0 Å². The van der Waals surface area contributed by atoms with Crippen molar-refractivity contribution in [3.8, 4) is 5.75 Å². The quantitative estimate of drug-likeness (QED) is 0.744. The first-order valence-corrected chi connectivity index (χ1v) is 11.8. The molecule has 8 heteroatoms. The zero-order chi connectivity index (χ0) is 21.8. The molecular formula is C23H30N4O3S. The highest BCUT2D eigenvalue weighted by Gasteiger charge is 2.29. The number of amides is 2. The van der Waals surface area contributed by atoms with E-state index in [4.69, 9.17) is 9.72 Å². The normalized spacial score (nSPS) is 18.5. The monoisotopic (exact) mass is 442 g/mol. The van der Waals surface area contributed by atoms with Gasteiger partial charge in [0.1, 0.15) is 5.75 Å². The van der Waals surface area contributed by atoms with E-state index in [9.17, 15) is 9.59 Å². The van der Waals surface area contributed by atoms with Crippen molar-refractivity contribution in [2.24, 2.45) is 5.92 Å². The Hall–Kier alpha value is -2.61. The fraction of sp³-hybridized carbons (Fsp3) is 0.522. The third-order valence-electron chi connectivity index (χ3n) is 5.97. The lowest BCUT2D eigenvalue weighted by atomic mass is 9.90. The first-order valence-electron chi connectivity index (χ1n) is 11.0. The second-order valence-corrected chi connectivity index (χ2v) is 9.16. The molecule has 2 amide bonds. The van der Waals surface area contributed by atoms with E-state index in [-0.39, 0.29) is 17.7 Å². The highest BCUT2D eigenvalue weighted by molar-refractivity contribution is 7.15. The predicted molar refractivity (Wildman–Crippen MR) is 122 cm³/mol. The number of aromatic nitrogens is 1. The standard InChI is InChI=1S/C23H30N4O3S/c1-3-30-19-6-4-5-17(13-19)15-24-22(29)18-7-8-20-21(14-18)31-23(25-20)27-11-9-26(10-12-27)16(2)28/h4-6,13,18H,3,7-12,14-15H2,1-2H3,(H,24,29)/t18-/m1/s1. The predicted octanol–water partition coefficient (Wildman–Crippen LogP) is 2.63. The van der Waals surface area contributed by atoms with Crippen LogP contribution in [0, 0.1) is 5.92 Å². The Morgan fingerprint density at radius 3 is 2.81 bits per heavy atom. The van der Waals surface area contributed by atoms with Crippen molar-refractivity contribution in [1.82, 2.24) is 15.2 Å². The lowest BCUT2D eigenvalue weighted by Gasteiger charge is -2.33. The molecule has 0 bridgehead atoms. The number of aryl methyl sites for hydroxylation is 1. The van der Waals surface area contributed by atoms with Crippen LogP contribution >= 0.6 is 11.3 Å². The molecule has 31 heavy (non-hydrogen) atoms. The number of anilines is 1. The zero-order valence-electron chi connectivity index (χ0n) is 18.2. The SMILES string of the molecule is CCOc1cccc(CNC(=O)[C@@H]2CCc3nc(N4CCN(C(C)=O)CC4)sc3C2)c1. The highest BCUT2D eigenvalue weighted by atomic mass is 32.1. The fourth-order valence-corrected chi connectivity index (χ4v) is 5.42. The molecule has 1 aromatic heterocycles. The molecule has 1 aliphatic carbocycles. The topological polar surface area (TPSA) is 74.8 Å². The Bertz CT molecular complexity index is 937. The summed E-state index contributed by atoms with van der Waals surface area (Å²) in [6.45, 7) is 7.85. The number of carbonyl (C=O) groups excluding carboxylic acids is 2. The van der Waals surface area contributed by atoms with Crippen LogP contribution in [-0.4, -0.2) is 54.5 Å².